The second-order valence-corrected chi connectivity index (χ2v) is 9.55. The number of amides is 1. The summed E-state index contributed by atoms with van der Waals surface area (Å²) < 4.78 is 25.0. The highest BCUT2D eigenvalue weighted by Gasteiger charge is 2.29. The van der Waals surface area contributed by atoms with E-state index in [9.17, 15) is 18.5 Å². The molecule has 1 atom stereocenters. The number of benzene rings is 2. The molecule has 1 N–H and O–H groups in total. The standard InChI is InChI=1S/C23H20N4O3S/c24-14-18(23(28)25-20-11-12-31(29,30)16-20)13-19-15-27(21-9-5-2-6-10-21)26-22(19)17-7-3-1-4-8-17/h1-10,13,15,20H,11-12,16H2,(H,25,28)/b18-13+/t20-/m1/s1. The highest BCUT2D eigenvalue weighted by molar-refractivity contribution is 7.91. The Kier molecular flexibility index (Phi) is 5.69. The summed E-state index contributed by atoms with van der Waals surface area (Å²) in [6.45, 7) is 0. The van der Waals surface area contributed by atoms with Gasteiger partial charge < -0.3 is 5.32 Å². The van der Waals surface area contributed by atoms with Gasteiger partial charge in [-0.1, -0.05) is 48.5 Å². The molecule has 1 aromatic heterocycles. The molecule has 0 bridgehead atoms. The Morgan fingerprint density at radius 3 is 2.42 bits per heavy atom. The Hall–Kier alpha value is -3.70. The van der Waals surface area contributed by atoms with E-state index in [-0.39, 0.29) is 17.1 Å². The van der Waals surface area contributed by atoms with Crippen LogP contribution in [0.3, 0.4) is 0 Å². The second-order valence-electron chi connectivity index (χ2n) is 7.32. The molecule has 1 saturated heterocycles. The van der Waals surface area contributed by atoms with E-state index in [4.69, 9.17) is 0 Å². The van der Waals surface area contributed by atoms with Gasteiger partial charge in [0, 0.05) is 23.4 Å². The molecule has 1 aliphatic rings. The Balaban J connectivity index is 1.69. The zero-order valence-corrected chi connectivity index (χ0v) is 17.4. The molecule has 2 aromatic carbocycles. The molecule has 156 valence electrons. The van der Waals surface area contributed by atoms with E-state index in [0.29, 0.717) is 17.7 Å². The minimum absolute atomic E-state index is 0.0472. The lowest BCUT2D eigenvalue weighted by molar-refractivity contribution is -0.117. The maximum atomic E-state index is 12.6. The summed E-state index contributed by atoms with van der Waals surface area (Å²) in [7, 11) is -3.13. The predicted molar refractivity (Wildman–Crippen MR) is 118 cm³/mol. The number of hydrogen-bond donors (Lipinski definition) is 1. The van der Waals surface area contributed by atoms with Gasteiger partial charge in [0.15, 0.2) is 9.84 Å². The number of hydrogen-bond acceptors (Lipinski definition) is 5. The fraction of sp³-hybridized carbons (Fsp3) is 0.174. The molecule has 0 radical (unpaired) electrons. The maximum absolute atomic E-state index is 12.6. The topological polar surface area (TPSA) is 105 Å². The van der Waals surface area contributed by atoms with Gasteiger partial charge in [0.25, 0.3) is 5.91 Å². The molecule has 7 nitrogen and oxygen atoms in total. The van der Waals surface area contributed by atoms with Gasteiger partial charge in [-0.15, -0.1) is 0 Å². The zero-order chi connectivity index (χ0) is 21.8. The third-order valence-corrected chi connectivity index (χ3v) is 6.81. The molecular formula is C23H20N4O3S. The molecule has 0 unspecified atom stereocenters. The largest absolute Gasteiger partial charge is 0.348 e. The smallest absolute Gasteiger partial charge is 0.262 e. The lowest BCUT2D eigenvalue weighted by Gasteiger charge is -2.09. The van der Waals surface area contributed by atoms with Crippen LogP contribution in [0.5, 0.6) is 0 Å². The number of nitriles is 1. The summed E-state index contributed by atoms with van der Waals surface area (Å²) in [5, 5.41) is 16.9. The van der Waals surface area contributed by atoms with Crippen LogP contribution in [0.25, 0.3) is 23.0 Å². The van der Waals surface area contributed by atoms with Gasteiger partial charge in [0.2, 0.25) is 0 Å². The zero-order valence-electron chi connectivity index (χ0n) is 16.6. The number of aromatic nitrogens is 2. The Bertz CT molecular complexity index is 1270. The van der Waals surface area contributed by atoms with E-state index < -0.39 is 21.8 Å². The van der Waals surface area contributed by atoms with E-state index in [1.54, 1.807) is 10.9 Å². The van der Waals surface area contributed by atoms with Crippen LogP contribution in [0.1, 0.15) is 12.0 Å². The van der Waals surface area contributed by atoms with E-state index in [1.165, 1.54) is 6.08 Å². The molecular weight excluding hydrogens is 412 g/mol. The third kappa shape index (κ3) is 4.73. The molecule has 1 aliphatic heterocycles. The van der Waals surface area contributed by atoms with Crippen molar-refractivity contribution in [3.63, 3.8) is 0 Å². The van der Waals surface area contributed by atoms with Crippen LogP contribution in [0.2, 0.25) is 0 Å². The fourth-order valence-corrected chi connectivity index (χ4v) is 5.18. The molecule has 0 aliphatic carbocycles. The molecule has 8 heteroatoms. The lowest BCUT2D eigenvalue weighted by atomic mass is 10.1. The van der Waals surface area contributed by atoms with Crippen LogP contribution in [-0.4, -0.2) is 41.7 Å². The van der Waals surface area contributed by atoms with E-state index in [0.717, 1.165) is 11.3 Å². The van der Waals surface area contributed by atoms with Gasteiger partial charge >= 0.3 is 0 Å². The average molecular weight is 433 g/mol. The van der Waals surface area contributed by atoms with E-state index >= 15 is 0 Å². The number of carbonyl (C=O) groups is 1. The van der Waals surface area contributed by atoms with E-state index in [2.05, 4.69) is 10.4 Å². The van der Waals surface area contributed by atoms with Crippen LogP contribution in [-0.2, 0) is 14.6 Å². The first-order valence-electron chi connectivity index (χ1n) is 9.79. The second kappa shape index (κ2) is 8.58. The van der Waals surface area contributed by atoms with Crippen LogP contribution >= 0.6 is 0 Å². The predicted octanol–water partition coefficient (Wildman–Crippen LogP) is 2.75. The van der Waals surface area contributed by atoms with Gasteiger partial charge in [-0.05, 0) is 24.6 Å². The maximum Gasteiger partial charge on any atom is 0.262 e. The molecule has 3 aromatic rings. The molecule has 4 rings (SSSR count). The van der Waals surface area contributed by atoms with Crippen molar-refractivity contribution in [1.82, 2.24) is 15.1 Å². The molecule has 31 heavy (non-hydrogen) atoms. The normalized spacial score (nSPS) is 17.8. The number of carbonyl (C=O) groups excluding carboxylic acids is 1. The number of nitrogens with one attached hydrogen (secondary N) is 1. The van der Waals surface area contributed by atoms with Crippen molar-refractivity contribution in [2.45, 2.75) is 12.5 Å². The molecule has 1 fully saturated rings. The summed E-state index contributed by atoms with van der Waals surface area (Å²) in [5.41, 5.74) is 2.84. The van der Waals surface area contributed by atoms with Gasteiger partial charge in [0.1, 0.15) is 11.6 Å². The summed E-state index contributed by atoms with van der Waals surface area (Å²) in [6, 6.07) is 20.5. The van der Waals surface area contributed by atoms with Gasteiger partial charge in [0.05, 0.1) is 22.9 Å². The van der Waals surface area contributed by atoms with Crippen molar-refractivity contribution in [3.8, 4) is 23.0 Å². The SMILES string of the molecule is N#C/C(=C\c1cn(-c2ccccc2)nc1-c1ccccc1)C(=O)N[C@@H]1CCS(=O)(=O)C1. The number of nitrogens with zero attached hydrogens (tertiary/aromatic N) is 3. The minimum Gasteiger partial charge on any atom is -0.348 e. The van der Waals surface area contributed by atoms with Crippen LogP contribution in [0.4, 0.5) is 0 Å². The molecule has 2 heterocycles. The molecule has 0 spiro atoms. The highest BCUT2D eigenvalue weighted by atomic mass is 32.2. The molecule has 0 saturated carbocycles. The van der Waals surface area contributed by atoms with Crippen molar-refractivity contribution in [3.05, 3.63) is 78.0 Å². The summed E-state index contributed by atoms with van der Waals surface area (Å²) in [5.74, 6) is -0.638. The van der Waals surface area contributed by atoms with Gasteiger partial charge in [-0.2, -0.15) is 10.4 Å². The quantitative estimate of drug-likeness (QED) is 0.493. The Morgan fingerprint density at radius 1 is 1.13 bits per heavy atom. The first-order valence-corrected chi connectivity index (χ1v) is 11.6. The monoisotopic (exact) mass is 432 g/mol. The van der Waals surface area contributed by atoms with Crippen molar-refractivity contribution in [2.24, 2.45) is 0 Å². The minimum atomic E-state index is -3.13. The van der Waals surface area contributed by atoms with Crippen molar-refractivity contribution in [1.29, 1.82) is 5.26 Å². The Labute approximate surface area is 180 Å². The number of rotatable bonds is 5. The van der Waals surface area contributed by atoms with Crippen LogP contribution in [0.15, 0.2) is 72.4 Å². The third-order valence-electron chi connectivity index (χ3n) is 5.04. The van der Waals surface area contributed by atoms with Gasteiger partial charge in [-0.3, -0.25) is 4.79 Å². The lowest BCUT2D eigenvalue weighted by Crippen LogP contribution is -2.36. The Morgan fingerprint density at radius 2 is 1.81 bits per heavy atom. The van der Waals surface area contributed by atoms with Crippen molar-refractivity contribution in [2.75, 3.05) is 11.5 Å². The number of sulfone groups is 1. The van der Waals surface area contributed by atoms with Crippen LogP contribution < -0.4 is 5.32 Å². The number of para-hydroxylation sites is 1. The highest BCUT2D eigenvalue weighted by Crippen LogP contribution is 2.25. The van der Waals surface area contributed by atoms with Crippen molar-refractivity contribution >= 4 is 21.8 Å². The molecule has 1 amide bonds. The van der Waals surface area contributed by atoms with Crippen LogP contribution in [0, 0.1) is 11.3 Å². The van der Waals surface area contributed by atoms with E-state index in [1.807, 2.05) is 66.7 Å². The summed E-state index contributed by atoms with van der Waals surface area (Å²) >= 11 is 0. The average Bonchev–Trinajstić information content (AvgIpc) is 3.35. The fourth-order valence-electron chi connectivity index (χ4n) is 3.50. The summed E-state index contributed by atoms with van der Waals surface area (Å²) in [6.07, 6.45) is 3.61. The summed E-state index contributed by atoms with van der Waals surface area (Å²) in [4.78, 5) is 12.6. The van der Waals surface area contributed by atoms with Crippen molar-refractivity contribution < 1.29 is 13.2 Å². The first-order chi connectivity index (χ1) is 14.9. The van der Waals surface area contributed by atoms with Gasteiger partial charge in [-0.25, -0.2) is 13.1 Å². The first kappa shape index (κ1) is 20.6.